The van der Waals surface area contributed by atoms with E-state index in [1.54, 1.807) is 4.90 Å². The molecule has 1 saturated heterocycles. The molecule has 1 amide bonds. The Bertz CT molecular complexity index is 525. The number of rotatable bonds is 3. The van der Waals surface area contributed by atoms with Gasteiger partial charge in [-0.15, -0.1) is 0 Å². The molecule has 1 aliphatic rings. The molecule has 0 radical (unpaired) electrons. The SMILES string of the molecule is CC(O)C(=O)N1CCN(C(C)c2ccc(C#N)cc2)CC1. The number of nitriles is 1. The molecule has 1 aromatic rings. The van der Waals surface area contributed by atoms with E-state index in [9.17, 15) is 9.90 Å². The number of benzene rings is 1. The number of aliphatic hydroxyl groups is 1. The van der Waals surface area contributed by atoms with Crippen LogP contribution in [0, 0.1) is 11.3 Å². The highest BCUT2D eigenvalue weighted by Crippen LogP contribution is 2.22. The highest BCUT2D eigenvalue weighted by Gasteiger charge is 2.26. The normalized spacial score (nSPS) is 18.9. The van der Waals surface area contributed by atoms with Gasteiger partial charge in [0, 0.05) is 32.2 Å². The predicted molar refractivity (Wildman–Crippen MR) is 79.4 cm³/mol. The third-order valence-electron chi connectivity index (χ3n) is 4.05. The Balaban J connectivity index is 1.95. The van der Waals surface area contributed by atoms with E-state index in [1.165, 1.54) is 12.5 Å². The van der Waals surface area contributed by atoms with Gasteiger partial charge < -0.3 is 10.0 Å². The average Bonchev–Trinajstić information content (AvgIpc) is 2.53. The maximum atomic E-state index is 11.7. The number of nitrogens with zero attached hydrogens (tertiary/aromatic N) is 3. The van der Waals surface area contributed by atoms with Gasteiger partial charge in [-0.3, -0.25) is 9.69 Å². The molecular weight excluding hydrogens is 266 g/mol. The lowest BCUT2D eigenvalue weighted by molar-refractivity contribution is -0.141. The number of hydrogen-bond acceptors (Lipinski definition) is 4. The van der Waals surface area contributed by atoms with E-state index in [0.717, 1.165) is 13.1 Å². The van der Waals surface area contributed by atoms with Crippen LogP contribution >= 0.6 is 0 Å². The highest BCUT2D eigenvalue weighted by atomic mass is 16.3. The summed E-state index contributed by atoms with van der Waals surface area (Å²) in [7, 11) is 0. The molecule has 0 bridgehead atoms. The predicted octanol–water partition coefficient (Wildman–Crippen LogP) is 1.14. The first kappa shape index (κ1) is 15.5. The fraction of sp³-hybridized carbons (Fsp3) is 0.500. The van der Waals surface area contributed by atoms with Crippen LogP contribution < -0.4 is 0 Å². The fourth-order valence-electron chi connectivity index (χ4n) is 2.64. The summed E-state index contributed by atoms with van der Waals surface area (Å²) in [6.45, 7) is 6.51. The Labute approximate surface area is 125 Å². The van der Waals surface area contributed by atoms with Crippen LogP contribution in [0.4, 0.5) is 0 Å². The summed E-state index contributed by atoms with van der Waals surface area (Å²) >= 11 is 0. The van der Waals surface area contributed by atoms with Gasteiger partial charge in [0.05, 0.1) is 11.6 Å². The van der Waals surface area contributed by atoms with Gasteiger partial charge in [0.2, 0.25) is 0 Å². The molecule has 1 fully saturated rings. The van der Waals surface area contributed by atoms with Gasteiger partial charge in [-0.05, 0) is 31.5 Å². The molecule has 21 heavy (non-hydrogen) atoms. The van der Waals surface area contributed by atoms with E-state index >= 15 is 0 Å². The monoisotopic (exact) mass is 287 g/mol. The smallest absolute Gasteiger partial charge is 0.251 e. The van der Waals surface area contributed by atoms with Crippen molar-refractivity contribution in [3.05, 3.63) is 35.4 Å². The largest absolute Gasteiger partial charge is 0.384 e. The van der Waals surface area contributed by atoms with Crippen molar-refractivity contribution in [2.75, 3.05) is 26.2 Å². The minimum Gasteiger partial charge on any atom is -0.384 e. The van der Waals surface area contributed by atoms with Gasteiger partial charge in [0.15, 0.2) is 0 Å². The quantitative estimate of drug-likeness (QED) is 0.905. The first-order valence-corrected chi connectivity index (χ1v) is 7.24. The van der Waals surface area contributed by atoms with Gasteiger partial charge >= 0.3 is 0 Å². The van der Waals surface area contributed by atoms with Crippen molar-refractivity contribution in [1.82, 2.24) is 9.80 Å². The average molecular weight is 287 g/mol. The van der Waals surface area contributed by atoms with Crippen LogP contribution in [0.25, 0.3) is 0 Å². The zero-order chi connectivity index (χ0) is 15.4. The molecule has 1 heterocycles. The summed E-state index contributed by atoms with van der Waals surface area (Å²) in [6.07, 6.45) is -0.924. The summed E-state index contributed by atoms with van der Waals surface area (Å²) in [5.74, 6) is -0.194. The van der Waals surface area contributed by atoms with Crippen LogP contribution in [0.2, 0.25) is 0 Å². The van der Waals surface area contributed by atoms with Crippen LogP contribution in [0.5, 0.6) is 0 Å². The molecule has 1 N–H and O–H groups in total. The Morgan fingerprint density at radius 3 is 2.24 bits per heavy atom. The first-order valence-electron chi connectivity index (χ1n) is 7.24. The number of carbonyl (C=O) groups is 1. The van der Waals surface area contributed by atoms with Crippen molar-refractivity contribution in [3.8, 4) is 6.07 Å². The fourth-order valence-corrected chi connectivity index (χ4v) is 2.64. The highest BCUT2D eigenvalue weighted by molar-refractivity contribution is 5.80. The summed E-state index contributed by atoms with van der Waals surface area (Å²) in [6, 6.07) is 10.0. The van der Waals surface area contributed by atoms with E-state index in [2.05, 4.69) is 17.9 Å². The molecule has 5 nitrogen and oxygen atoms in total. The number of amides is 1. The molecule has 5 heteroatoms. The van der Waals surface area contributed by atoms with Crippen molar-refractivity contribution in [2.24, 2.45) is 0 Å². The van der Waals surface area contributed by atoms with Crippen LogP contribution in [0.1, 0.15) is 31.0 Å². The second-order valence-corrected chi connectivity index (χ2v) is 5.45. The van der Waals surface area contributed by atoms with Crippen molar-refractivity contribution >= 4 is 5.91 Å². The van der Waals surface area contributed by atoms with Crippen LogP contribution in [0.3, 0.4) is 0 Å². The molecule has 2 atom stereocenters. The number of aliphatic hydroxyl groups excluding tert-OH is 1. The summed E-state index contributed by atoms with van der Waals surface area (Å²) in [5.41, 5.74) is 1.84. The molecule has 2 unspecified atom stereocenters. The summed E-state index contributed by atoms with van der Waals surface area (Å²) in [5, 5.41) is 18.2. The van der Waals surface area contributed by atoms with Crippen molar-refractivity contribution in [3.63, 3.8) is 0 Å². The maximum Gasteiger partial charge on any atom is 0.251 e. The minimum absolute atomic E-state index is 0.194. The van der Waals surface area contributed by atoms with E-state index in [4.69, 9.17) is 5.26 Å². The molecule has 0 spiro atoms. The molecule has 2 rings (SSSR count). The lowest BCUT2D eigenvalue weighted by Gasteiger charge is -2.38. The molecule has 112 valence electrons. The number of hydrogen-bond donors (Lipinski definition) is 1. The molecular formula is C16H21N3O2. The molecule has 1 aromatic carbocycles. The van der Waals surface area contributed by atoms with Crippen molar-refractivity contribution in [1.29, 1.82) is 5.26 Å². The van der Waals surface area contributed by atoms with Gasteiger partial charge in [-0.1, -0.05) is 12.1 Å². The minimum atomic E-state index is -0.924. The Kier molecular flexibility index (Phi) is 4.94. The van der Waals surface area contributed by atoms with Gasteiger partial charge in [0.25, 0.3) is 5.91 Å². The van der Waals surface area contributed by atoms with Crippen molar-refractivity contribution < 1.29 is 9.90 Å². The lowest BCUT2D eigenvalue weighted by atomic mass is 10.0. The standard InChI is InChI=1S/C16H21N3O2/c1-12(15-5-3-14(11-17)4-6-15)18-7-9-19(10-8-18)16(21)13(2)20/h3-6,12-13,20H,7-10H2,1-2H3. The van der Waals surface area contributed by atoms with Gasteiger partial charge in [0.1, 0.15) is 6.10 Å². The van der Waals surface area contributed by atoms with E-state index in [1.807, 2.05) is 24.3 Å². The van der Waals surface area contributed by atoms with E-state index in [0.29, 0.717) is 18.7 Å². The second kappa shape index (κ2) is 6.70. The number of carbonyl (C=O) groups excluding carboxylic acids is 1. The van der Waals surface area contributed by atoms with Crippen molar-refractivity contribution in [2.45, 2.75) is 26.0 Å². The number of piperazine rings is 1. The van der Waals surface area contributed by atoms with Gasteiger partial charge in [-0.2, -0.15) is 5.26 Å². The Morgan fingerprint density at radius 2 is 1.76 bits per heavy atom. The van der Waals surface area contributed by atoms with Crippen LogP contribution in [-0.4, -0.2) is 53.1 Å². The molecule has 1 aliphatic heterocycles. The summed E-state index contributed by atoms with van der Waals surface area (Å²) < 4.78 is 0. The van der Waals surface area contributed by atoms with Gasteiger partial charge in [-0.25, -0.2) is 0 Å². The third kappa shape index (κ3) is 3.60. The third-order valence-corrected chi connectivity index (χ3v) is 4.05. The zero-order valence-electron chi connectivity index (χ0n) is 12.5. The molecule has 0 aliphatic carbocycles. The zero-order valence-corrected chi connectivity index (χ0v) is 12.5. The Morgan fingerprint density at radius 1 is 1.19 bits per heavy atom. The molecule has 0 saturated carbocycles. The van der Waals surface area contributed by atoms with E-state index in [-0.39, 0.29) is 11.9 Å². The van der Waals surface area contributed by atoms with E-state index < -0.39 is 6.10 Å². The van der Waals surface area contributed by atoms with Crippen LogP contribution in [-0.2, 0) is 4.79 Å². The first-order chi connectivity index (χ1) is 10.0. The maximum absolute atomic E-state index is 11.7. The lowest BCUT2D eigenvalue weighted by Crippen LogP contribution is -2.51. The summed E-state index contributed by atoms with van der Waals surface area (Å²) in [4.78, 5) is 15.8. The Hall–Kier alpha value is -1.90. The second-order valence-electron chi connectivity index (χ2n) is 5.45. The molecule has 0 aromatic heterocycles. The van der Waals surface area contributed by atoms with Crippen LogP contribution in [0.15, 0.2) is 24.3 Å². The topological polar surface area (TPSA) is 67.6 Å².